The number of nitriles is 1. The van der Waals surface area contributed by atoms with E-state index in [0.717, 1.165) is 0 Å². The summed E-state index contributed by atoms with van der Waals surface area (Å²) in [4.78, 5) is 13.8. The van der Waals surface area contributed by atoms with Gasteiger partial charge >= 0.3 is 5.69 Å². The summed E-state index contributed by atoms with van der Waals surface area (Å²) in [7, 11) is 0. The highest BCUT2D eigenvalue weighted by atomic mass is 32.2. The van der Waals surface area contributed by atoms with Crippen LogP contribution in [-0.2, 0) is 0 Å². The molecule has 0 aromatic carbocycles. The summed E-state index contributed by atoms with van der Waals surface area (Å²) in [5, 5.41) is 32.3. The van der Waals surface area contributed by atoms with Crippen LogP contribution < -0.4 is 5.32 Å². The van der Waals surface area contributed by atoms with Gasteiger partial charge in [0.1, 0.15) is 11.9 Å². The lowest BCUT2D eigenvalue weighted by atomic mass is 10.1. The number of pyridine rings is 1. The molecular formula is C11H14N4O3S. The average Bonchev–Trinajstić information content (AvgIpc) is 2.35. The molecule has 1 rings (SSSR count). The first kappa shape index (κ1) is 15.2. The smallest absolute Gasteiger partial charge is 0.305 e. The number of aromatic nitrogens is 1. The van der Waals surface area contributed by atoms with Crippen molar-refractivity contribution >= 4 is 23.3 Å². The van der Waals surface area contributed by atoms with Gasteiger partial charge in [-0.3, -0.25) is 10.1 Å². The van der Waals surface area contributed by atoms with E-state index in [9.17, 15) is 15.2 Å². The maximum Gasteiger partial charge on any atom is 0.305 e. The van der Waals surface area contributed by atoms with E-state index in [2.05, 4.69) is 10.3 Å². The fraction of sp³-hybridized carbons (Fsp3) is 0.455. The van der Waals surface area contributed by atoms with Gasteiger partial charge in [-0.2, -0.15) is 17.0 Å². The first-order chi connectivity index (χ1) is 8.89. The summed E-state index contributed by atoms with van der Waals surface area (Å²) in [5.74, 6) is 0.862. The van der Waals surface area contributed by atoms with Crippen LogP contribution in [0, 0.1) is 21.4 Å². The highest BCUT2D eigenvalue weighted by Crippen LogP contribution is 2.19. The predicted octanol–water partition coefficient (Wildman–Crippen LogP) is 1.39. The molecule has 1 heterocycles. The van der Waals surface area contributed by atoms with E-state index in [0.29, 0.717) is 11.6 Å². The van der Waals surface area contributed by atoms with Gasteiger partial charge in [-0.15, -0.1) is 0 Å². The second kappa shape index (κ2) is 6.36. The minimum absolute atomic E-state index is 0.240. The molecule has 0 aliphatic carbocycles. The Labute approximate surface area is 114 Å². The molecule has 0 amide bonds. The molecule has 0 aliphatic heterocycles. The third kappa shape index (κ3) is 4.39. The van der Waals surface area contributed by atoms with Crippen LogP contribution in [0.3, 0.4) is 0 Å². The molecule has 0 aliphatic rings. The largest absolute Gasteiger partial charge is 0.387 e. The first-order valence-corrected chi connectivity index (χ1v) is 6.80. The third-order valence-corrected chi connectivity index (χ3v) is 3.19. The number of thioether (sulfide) groups is 1. The molecule has 0 saturated carbocycles. The van der Waals surface area contributed by atoms with Crippen LogP contribution in [0.15, 0.2) is 12.1 Å². The molecule has 8 heteroatoms. The van der Waals surface area contributed by atoms with Crippen LogP contribution in [0.25, 0.3) is 0 Å². The van der Waals surface area contributed by atoms with E-state index in [1.54, 1.807) is 13.0 Å². The number of nitrogens with zero attached hydrogens (tertiary/aromatic N) is 3. The number of hydrogen-bond acceptors (Lipinski definition) is 7. The van der Waals surface area contributed by atoms with Gasteiger partial charge in [-0.05, 0) is 19.2 Å². The molecule has 7 nitrogen and oxygen atoms in total. The predicted molar refractivity (Wildman–Crippen MR) is 73.1 cm³/mol. The summed E-state index contributed by atoms with van der Waals surface area (Å²) in [6, 6.07) is 4.31. The molecule has 0 saturated heterocycles. The van der Waals surface area contributed by atoms with Gasteiger partial charge in [0.15, 0.2) is 0 Å². The first-order valence-electron chi connectivity index (χ1n) is 5.40. The zero-order valence-electron chi connectivity index (χ0n) is 10.6. The molecule has 0 radical (unpaired) electrons. The van der Waals surface area contributed by atoms with E-state index >= 15 is 0 Å². The van der Waals surface area contributed by atoms with Gasteiger partial charge < -0.3 is 10.4 Å². The topological polar surface area (TPSA) is 112 Å². The van der Waals surface area contributed by atoms with Crippen LogP contribution >= 0.6 is 11.8 Å². The third-order valence-electron chi connectivity index (χ3n) is 2.28. The molecular weight excluding hydrogens is 268 g/mol. The minimum Gasteiger partial charge on any atom is -0.387 e. The maximum atomic E-state index is 10.6. The Bertz CT molecular complexity index is 513. The molecule has 0 fully saturated rings. The monoisotopic (exact) mass is 282 g/mol. The van der Waals surface area contributed by atoms with E-state index in [-0.39, 0.29) is 17.9 Å². The Morgan fingerprint density at radius 2 is 2.37 bits per heavy atom. The standard InChI is InChI=1S/C11H14N4O3S/c1-11(16,7-19-2)6-13-10-4-3-9(15(17)18)8(5-12)14-10/h3-4,16H,6-7H2,1-2H3,(H,13,14). The number of nitrogens with one attached hydrogen (secondary N) is 1. The molecule has 0 spiro atoms. The van der Waals surface area contributed by atoms with Gasteiger partial charge in [0.2, 0.25) is 5.69 Å². The van der Waals surface area contributed by atoms with Gasteiger partial charge in [0.25, 0.3) is 0 Å². The summed E-state index contributed by atoms with van der Waals surface area (Å²) < 4.78 is 0. The summed E-state index contributed by atoms with van der Waals surface area (Å²) in [6.07, 6.45) is 1.88. The molecule has 2 N–H and O–H groups in total. The van der Waals surface area contributed by atoms with Crippen LogP contribution in [0.4, 0.5) is 11.5 Å². The van der Waals surface area contributed by atoms with Crippen molar-refractivity contribution in [3.05, 3.63) is 27.9 Å². The number of hydrogen-bond donors (Lipinski definition) is 2. The second-order valence-electron chi connectivity index (χ2n) is 4.22. The SMILES string of the molecule is CSCC(C)(O)CNc1ccc([N+](=O)[O-])c(C#N)n1. The summed E-state index contributed by atoms with van der Waals surface area (Å²) >= 11 is 1.51. The van der Waals surface area contributed by atoms with Gasteiger partial charge in [-0.25, -0.2) is 4.98 Å². The van der Waals surface area contributed by atoms with Crippen molar-refractivity contribution in [2.45, 2.75) is 12.5 Å². The van der Waals surface area contributed by atoms with Crippen molar-refractivity contribution in [1.29, 1.82) is 5.26 Å². The van der Waals surface area contributed by atoms with Crippen LogP contribution in [0.1, 0.15) is 12.6 Å². The molecule has 1 aromatic rings. The van der Waals surface area contributed by atoms with Gasteiger partial charge in [0.05, 0.1) is 10.5 Å². The maximum absolute atomic E-state index is 10.6. The fourth-order valence-corrected chi connectivity index (χ4v) is 2.15. The Morgan fingerprint density at radius 1 is 1.68 bits per heavy atom. The van der Waals surface area contributed by atoms with Crippen molar-refractivity contribution in [3.8, 4) is 6.07 Å². The summed E-state index contributed by atoms with van der Waals surface area (Å²) in [5.41, 5.74) is -1.50. The van der Waals surface area contributed by atoms with E-state index < -0.39 is 10.5 Å². The van der Waals surface area contributed by atoms with Gasteiger partial charge in [-0.1, -0.05) is 0 Å². The number of aliphatic hydroxyl groups is 1. The Hall–Kier alpha value is -1.85. The van der Waals surface area contributed by atoms with Crippen LogP contribution in [-0.4, -0.2) is 39.2 Å². The average molecular weight is 282 g/mol. The molecule has 1 atom stereocenters. The minimum atomic E-state index is -0.921. The van der Waals surface area contributed by atoms with Crippen molar-refractivity contribution in [3.63, 3.8) is 0 Å². The molecule has 0 bridgehead atoms. The van der Waals surface area contributed by atoms with Crippen LogP contribution in [0.2, 0.25) is 0 Å². The van der Waals surface area contributed by atoms with Crippen molar-refractivity contribution in [1.82, 2.24) is 4.98 Å². The highest BCUT2D eigenvalue weighted by Gasteiger charge is 2.20. The van der Waals surface area contributed by atoms with E-state index in [4.69, 9.17) is 5.26 Å². The molecule has 1 aromatic heterocycles. The van der Waals surface area contributed by atoms with Crippen LogP contribution in [0.5, 0.6) is 0 Å². The van der Waals surface area contributed by atoms with E-state index in [1.165, 1.54) is 23.9 Å². The zero-order valence-corrected chi connectivity index (χ0v) is 11.4. The Kier molecular flexibility index (Phi) is 5.09. The van der Waals surface area contributed by atoms with Crippen molar-refractivity contribution in [2.75, 3.05) is 23.9 Å². The summed E-state index contributed by atoms with van der Waals surface area (Å²) in [6.45, 7) is 1.91. The quantitative estimate of drug-likeness (QED) is 0.598. The lowest BCUT2D eigenvalue weighted by Gasteiger charge is -2.22. The fourth-order valence-electron chi connectivity index (χ4n) is 1.42. The van der Waals surface area contributed by atoms with Crippen molar-refractivity contribution in [2.24, 2.45) is 0 Å². The molecule has 102 valence electrons. The number of rotatable bonds is 6. The normalized spacial score (nSPS) is 13.4. The van der Waals surface area contributed by atoms with Crippen molar-refractivity contribution < 1.29 is 10.0 Å². The molecule has 1 unspecified atom stereocenters. The number of nitro groups is 1. The Morgan fingerprint density at radius 3 is 2.89 bits per heavy atom. The number of anilines is 1. The Balaban J connectivity index is 2.82. The molecule has 19 heavy (non-hydrogen) atoms. The van der Waals surface area contributed by atoms with E-state index in [1.807, 2.05) is 6.26 Å². The van der Waals surface area contributed by atoms with Gasteiger partial charge in [0, 0.05) is 18.4 Å². The lowest BCUT2D eigenvalue weighted by Crippen LogP contribution is -2.36. The highest BCUT2D eigenvalue weighted by molar-refractivity contribution is 7.98. The zero-order chi connectivity index (χ0) is 14.5. The lowest BCUT2D eigenvalue weighted by molar-refractivity contribution is -0.385. The second-order valence-corrected chi connectivity index (χ2v) is 5.08.